The van der Waals surface area contributed by atoms with Crippen LogP contribution in [-0.2, 0) is 6.54 Å². The van der Waals surface area contributed by atoms with E-state index in [1.807, 2.05) is 18.2 Å². The van der Waals surface area contributed by atoms with Gasteiger partial charge in [0.15, 0.2) is 0 Å². The Morgan fingerprint density at radius 3 is 2.73 bits per heavy atom. The average Bonchev–Trinajstić information content (AvgIpc) is 3.36. The number of aliphatic hydroxyl groups is 1. The van der Waals surface area contributed by atoms with E-state index in [2.05, 4.69) is 15.3 Å². The van der Waals surface area contributed by atoms with Gasteiger partial charge in [0.25, 0.3) is 0 Å². The van der Waals surface area contributed by atoms with E-state index in [0.29, 0.717) is 34.3 Å². The first-order valence-corrected chi connectivity index (χ1v) is 12.0. The van der Waals surface area contributed by atoms with Crippen molar-refractivity contribution < 1.29 is 9.90 Å². The molecule has 2 aliphatic rings. The first kappa shape index (κ1) is 22.2. The second-order valence-electron chi connectivity index (χ2n) is 8.62. The molecule has 5 rings (SSSR count). The van der Waals surface area contributed by atoms with Crippen LogP contribution in [0.2, 0.25) is 10.0 Å². The summed E-state index contributed by atoms with van der Waals surface area (Å²) >= 11 is 12.5. The average molecular weight is 486 g/mol. The third-order valence-corrected chi connectivity index (χ3v) is 6.93. The lowest BCUT2D eigenvalue weighted by Gasteiger charge is -2.26. The highest BCUT2D eigenvalue weighted by atomic mass is 35.5. The molecule has 172 valence electrons. The van der Waals surface area contributed by atoms with Gasteiger partial charge in [0.1, 0.15) is 0 Å². The van der Waals surface area contributed by atoms with Crippen LogP contribution in [0.5, 0.6) is 0 Å². The van der Waals surface area contributed by atoms with E-state index >= 15 is 0 Å². The van der Waals surface area contributed by atoms with Crippen molar-refractivity contribution in [3.8, 4) is 11.3 Å². The Labute approximate surface area is 202 Å². The van der Waals surface area contributed by atoms with Crippen molar-refractivity contribution in [1.29, 1.82) is 0 Å². The Morgan fingerprint density at radius 1 is 1.18 bits per heavy atom. The predicted octanol–water partition coefficient (Wildman–Crippen LogP) is 5.51. The summed E-state index contributed by atoms with van der Waals surface area (Å²) in [6.07, 6.45) is 9.30. The lowest BCUT2D eigenvalue weighted by Crippen LogP contribution is -2.32. The minimum absolute atomic E-state index is 0.197. The highest BCUT2D eigenvalue weighted by Crippen LogP contribution is 2.34. The van der Waals surface area contributed by atoms with Gasteiger partial charge in [-0.15, -0.1) is 0 Å². The number of hydrogen-bond donors (Lipinski definition) is 2. The Hall–Kier alpha value is -2.61. The molecule has 1 fully saturated rings. The van der Waals surface area contributed by atoms with Gasteiger partial charge in [0.2, 0.25) is 5.95 Å². The topological polar surface area (TPSA) is 83.3 Å². The smallest absolute Gasteiger partial charge is 0.329 e. The first-order chi connectivity index (χ1) is 16.0. The van der Waals surface area contributed by atoms with Crippen molar-refractivity contribution in [3.05, 3.63) is 64.0 Å². The molecule has 9 heteroatoms. The molecular formula is C24H25Cl2N5O2. The molecule has 0 saturated heterocycles. The van der Waals surface area contributed by atoms with Gasteiger partial charge in [-0.1, -0.05) is 54.6 Å². The molecule has 1 aromatic carbocycles. The quantitative estimate of drug-likeness (QED) is 0.480. The van der Waals surface area contributed by atoms with Gasteiger partial charge in [-0.3, -0.25) is 4.57 Å². The van der Waals surface area contributed by atoms with Gasteiger partial charge in [-0.05, 0) is 36.6 Å². The third-order valence-electron chi connectivity index (χ3n) is 6.42. The molecule has 3 heterocycles. The van der Waals surface area contributed by atoms with Crippen LogP contribution >= 0.6 is 23.2 Å². The molecule has 1 saturated carbocycles. The summed E-state index contributed by atoms with van der Waals surface area (Å²) in [4.78, 5) is 23.8. The third kappa shape index (κ3) is 4.45. The van der Waals surface area contributed by atoms with E-state index in [1.54, 1.807) is 34.0 Å². The van der Waals surface area contributed by atoms with Crippen molar-refractivity contribution >= 4 is 35.2 Å². The number of aromatic nitrogens is 3. The van der Waals surface area contributed by atoms with E-state index in [-0.39, 0.29) is 12.6 Å². The number of rotatable bonds is 6. The van der Waals surface area contributed by atoms with Crippen molar-refractivity contribution in [2.75, 3.05) is 11.9 Å². The summed E-state index contributed by atoms with van der Waals surface area (Å²) in [5.41, 5.74) is 2.97. The van der Waals surface area contributed by atoms with Crippen LogP contribution in [0.4, 0.5) is 10.7 Å². The Morgan fingerprint density at radius 2 is 2.00 bits per heavy atom. The van der Waals surface area contributed by atoms with E-state index < -0.39 is 6.04 Å². The normalized spacial score (nSPS) is 17.3. The summed E-state index contributed by atoms with van der Waals surface area (Å²) in [7, 11) is 0. The molecule has 1 atom stereocenters. The summed E-state index contributed by atoms with van der Waals surface area (Å²) in [6, 6.07) is 8.83. The van der Waals surface area contributed by atoms with Crippen molar-refractivity contribution in [3.63, 3.8) is 0 Å². The number of anilines is 1. The van der Waals surface area contributed by atoms with Crippen LogP contribution in [0, 0.1) is 0 Å². The van der Waals surface area contributed by atoms with Crippen molar-refractivity contribution in [2.24, 2.45) is 0 Å². The van der Waals surface area contributed by atoms with Crippen molar-refractivity contribution in [1.82, 2.24) is 19.4 Å². The largest absolute Gasteiger partial charge is 0.394 e. The zero-order valence-corrected chi connectivity index (χ0v) is 19.6. The standard InChI is InChI=1S/C24H25Cl2N5O2/c25-17-6-4-5-15(9-17)21(14-32)31-13-19-10-16(12-30(19)24(31)33)22-20(26)11-27-23(29-22)28-18-7-2-1-3-8-18/h4-6,9-12,18,21,32H,1-3,7-8,13-14H2,(H,27,28,29)/t21-/m1/s1. The molecule has 1 amide bonds. The number of halogens is 2. The Balaban J connectivity index is 1.38. The highest BCUT2D eigenvalue weighted by molar-refractivity contribution is 6.33. The fourth-order valence-electron chi connectivity index (χ4n) is 4.73. The van der Waals surface area contributed by atoms with Gasteiger partial charge >= 0.3 is 6.03 Å². The van der Waals surface area contributed by atoms with Crippen LogP contribution in [0.25, 0.3) is 11.3 Å². The molecule has 3 aromatic rings. The van der Waals surface area contributed by atoms with Gasteiger partial charge in [-0.2, -0.15) is 0 Å². The molecule has 1 aliphatic heterocycles. The molecule has 0 spiro atoms. The predicted molar refractivity (Wildman–Crippen MR) is 129 cm³/mol. The van der Waals surface area contributed by atoms with E-state index in [9.17, 15) is 9.90 Å². The molecule has 1 aliphatic carbocycles. The molecule has 7 nitrogen and oxygen atoms in total. The van der Waals surface area contributed by atoms with Gasteiger partial charge < -0.3 is 15.3 Å². The SMILES string of the molecule is O=C1N([C@H](CO)c2cccc(Cl)c2)Cc2cc(-c3nc(NC4CCCCC4)ncc3Cl)cn21. The van der Waals surface area contributed by atoms with Gasteiger partial charge in [-0.25, -0.2) is 14.8 Å². The monoisotopic (exact) mass is 485 g/mol. The van der Waals surface area contributed by atoms with Crippen LogP contribution in [-0.4, -0.2) is 43.2 Å². The van der Waals surface area contributed by atoms with Crippen molar-refractivity contribution in [2.45, 2.75) is 50.7 Å². The second-order valence-corrected chi connectivity index (χ2v) is 9.47. The molecule has 0 bridgehead atoms. The summed E-state index contributed by atoms with van der Waals surface area (Å²) in [5, 5.41) is 14.4. The number of carbonyl (C=O) groups is 1. The number of benzene rings is 1. The lowest BCUT2D eigenvalue weighted by molar-refractivity contribution is 0.141. The number of nitrogens with zero attached hydrogens (tertiary/aromatic N) is 4. The van der Waals surface area contributed by atoms with E-state index in [1.165, 1.54) is 19.3 Å². The van der Waals surface area contributed by atoms with E-state index in [4.69, 9.17) is 23.2 Å². The fraction of sp³-hybridized carbons (Fsp3) is 0.375. The molecule has 2 N–H and O–H groups in total. The Kier molecular flexibility index (Phi) is 6.27. The minimum Gasteiger partial charge on any atom is -0.394 e. The minimum atomic E-state index is -0.478. The number of fused-ring (bicyclic) bond motifs is 1. The summed E-state index contributed by atoms with van der Waals surface area (Å²) in [5.74, 6) is 0.557. The fourth-order valence-corrected chi connectivity index (χ4v) is 5.13. The maximum atomic E-state index is 13.2. The summed E-state index contributed by atoms with van der Waals surface area (Å²) < 4.78 is 1.59. The Bertz CT molecular complexity index is 1180. The van der Waals surface area contributed by atoms with E-state index in [0.717, 1.165) is 29.7 Å². The van der Waals surface area contributed by atoms with Gasteiger partial charge in [0, 0.05) is 28.5 Å². The molecule has 0 unspecified atom stereocenters. The lowest BCUT2D eigenvalue weighted by atomic mass is 9.96. The number of carbonyl (C=O) groups excluding carboxylic acids is 1. The van der Waals surface area contributed by atoms with Crippen LogP contribution in [0.3, 0.4) is 0 Å². The maximum Gasteiger partial charge on any atom is 0.329 e. The number of aliphatic hydroxyl groups excluding tert-OH is 1. The van der Waals surface area contributed by atoms with Crippen LogP contribution < -0.4 is 5.32 Å². The summed E-state index contributed by atoms with van der Waals surface area (Å²) in [6.45, 7) is 0.171. The van der Waals surface area contributed by atoms with Gasteiger partial charge in [0.05, 0.1) is 36.1 Å². The molecule has 0 radical (unpaired) electrons. The zero-order chi connectivity index (χ0) is 22.9. The molecule has 33 heavy (non-hydrogen) atoms. The number of nitrogens with one attached hydrogen (secondary N) is 1. The molecular weight excluding hydrogens is 461 g/mol. The number of hydrogen-bond acceptors (Lipinski definition) is 5. The molecule has 2 aromatic heterocycles. The second kappa shape index (κ2) is 9.33. The zero-order valence-electron chi connectivity index (χ0n) is 18.0. The maximum absolute atomic E-state index is 13.2. The number of amides is 1. The highest BCUT2D eigenvalue weighted by Gasteiger charge is 2.34. The first-order valence-electron chi connectivity index (χ1n) is 11.2. The van der Waals surface area contributed by atoms with Crippen LogP contribution in [0.15, 0.2) is 42.7 Å². The van der Waals surface area contributed by atoms with Crippen LogP contribution in [0.1, 0.15) is 49.4 Å².